The largest absolute Gasteiger partial charge is 0.495 e. The quantitative estimate of drug-likeness (QED) is 0.918. The van der Waals surface area contributed by atoms with E-state index in [-0.39, 0.29) is 5.56 Å². The van der Waals surface area contributed by atoms with Crippen LogP contribution >= 0.6 is 0 Å². The van der Waals surface area contributed by atoms with Gasteiger partial charge in [0.15, 0.2) is 0 Å². The molecule has 2 rings (SSSR count). The van der Waals surface area contributed by atoms with E-state index < -0.39 is 5.97 Å². The molecule has 0 spiro atoms. The second-order valence-electron chi connectivity index (χ2n) is 4.55. The van der Waals surface area contributed by atoms with Crippen molar-refractivity contribution < 1.29 is 14.6 Å². The van der Waals surface area contributed by atoms with E-state index in [1.54, 1.807) is 30.1 Å². The summed E-state index contributed by atoms with van der Waals surface area (Å²) in [6.07, 6.45) is 3.55. The van der Waals surface area contributed by atoms with Gasteiger partial charge in [0.25, 0.3) is 0 Å². The molecular weight excluding hydrogens is 244 g/mol. The number of rotatable bonds is 4. The summed E-state index contributed by atoms with van der Waals surface area (Å²) in [5, 5.41) is 9.05. The summed E-state index contributed by atoms with van der Waals surface area (Å²) in [4.78, 5) is 15.3. The molecule has 1 aromatic carbocycles. The number of hydrogen-bond donors (Lipinski definition) is 1. The Hall–Kier alpha value is -2.30. The Bertz CT molecular complexity index is 602. The number of carboxylic acid groups (broad SMARTS) is 1. The van der Waals surface area contributed by atoms with Gasteiger partial charge in [0.05, 0.1) is 30.4 Å². The molecule has 0 saturated carbocycles. The van der Waals surface area contributed by atoms with Gasteiger partial charge < -0.3 is 14.4 Å². The normalized spacial score (nSPS) is 10.7. The van der Waals surface area contributed by atoms with E-state index in [2.05, 4.69) is 18.8 Å². The first-order chi connectivity index (χ1) is 9.02. The summed E-state index contributed by atoms with van der Waals surface area (Å²) in [7, 11) is 1.56. The van der Waals surface area contributed by atoms with Crippen LogP contribution in [0.5, 0.6) is 5.75 Å². The fourth-order valence-corrected chi connectivity index (χ4v) is 1.79. The molecule has 0 unspecified atom stereocenters. The monoisotopic (exact) mass is 260 g/mol. The van der Waals surface area contributed by atoms with Crippen LogP contribution in [0, 0.1) is 0 Å². The summed E-state index contributed by atoms with van der Waals surface area (Å²) in [5.41, 5.74) is 1.83. The maximum absolute atomic E-state index is 11.0. The molecule has 0 aliphatic rings. The minimum absolute atomic E-state index is 0.218. The Kier molecular flexibility index (Phi) is 3.55. The van der Waals surface area contributed by atoms with Gasteiger partial charge in [-0.1, -0.05) is 13.8 Å². The van der Waals surface area contributed by atoms with Crippen molar-refractivity contribution in [2.24, 2.45) is 0 Å². The van der Waals surface area contributed by atoms with E-state index in [9.17, 15) is 4.79 Å². The SMILES string of the molecule is COc1ccc(C(=O)O)cc1-n1cnc(C(C)C)c1. The molecular formula is C14H16N2O3. The molecule has 100 valence electrons. The molecule has 19 heavy (non-hydrogen) atoms. The summed E-state index contributed by atoms with van der Waals surface area (Å²) in [6.45, 7) is 4.11. The third kappa shape index (κ3) is 2.59. The van der Waals surface area contributed by atoms with Crippen molar-refractivity contribution in [3.8, 4) is 11.4 Å². The highest BCUT2D eigenvalue weighted by Crippen LogP contribution is 2.25. The van der Waals surface area contributed by atoms with Crippen LogP contribution in [-0.4, -0.2) is 27.7 Å². The number of carbonyl (C=O) groups is 1. The molecule has 0 saturated heterocycles. The maximum atomic E-state index is 11.0. The molecule has 5 heteroatoms. The molecule has 0 aliphatic carbocycles. The van der Waals surface area contributed by atoms with Crippen molar-refractivity contribution in [3.05, 3.63) is 42.0 Å². The lowest BCUT2D eigenvalue weighted by Gasteiger charge is -2.10. The first kappa shape index (κ1) is 13.1. The predicted octanol–water partition coefficient (Wildman–Crippen LogP) is 2.70. The van der Waals surface area contributed by atoms with Crippen molar-refractivity contribution >= 4 is 5.97 Å². The highest BCUT2D eigenvalue weighted by Gasteiger charge is 2.12. The fourth-order valence-electron chi connectivity index (χ4n) is 1.79. The maximum Gasteiger partial charge on any atom is 0.335 e. The fraction of sp³-hybridized carbons (Fsp3) is 0.286. The summed E-state index contributed by atoms with van der Waals surface area (Å²) in [6, 6.07) is 4.74. The first-order valence-electron chi connectivity index (χ1n) is 5.98. The minimum Gasteiger partial charge on any atom is -0.495 e. The van der Waals surface area contributed by atoms with Gasteiger partial charge in [-0.3, -0.25) is 0 Å². The molecule has 0 atom stereocenters. The highest BCUT2D eigenvalue weighted by atomic mass is 16.5. The third-order valence-corrected chi connectivity index (χ3v) is 2.90. The second kappa shape index (κ2) is 5.14. The van der Waals surface area contributed by atoms with E-state index >= 15 is 0 Å². The van der Waals surface area contributed by atoms with E-state index in [1.807, 2.05) is 6.20 Å². The molecule has 1 N–H and O–H groups in total. The molecule has 1 heterocycles. The Balaban J connectivity index is 2.51. The van der Waals surface area contributed by atoms with Crippen molar-refractivity contribution in [1.82, 2.24) is 9.55 Å². The van der Waals surface area contributed by atoms with Crippen molar-refractivity contribution in [2.45, 2.75) is 19.8 Å². The van der Waals surface area contributed by atoms with Gasteiger partial charge in [0.2, 0.25) is 0 Å². The van der Waals surface area contributed by atoms with Gasteiger partial charge in [0.1, 0.15) is 5.75 Å². The van der Waals surface area contributed by atoms with E-state index in [1.165, 1.54) is 6.07 Å². The van der Waals surface area contributed by atoms with Crippen LogP contribution in [-0.2, 0) is 0 Å². The molecule has 5 nitrogen and oxygen atoms in total. The number of hydrogen-bond acceptors (Lipinski definition) is 3. The second-order valence-corrected chi connectivity index (χ2v) is 4.55. The Morgan fingerprint density at radius 2 is 2.16 bits per heavy atom. The number of imidazole rings is 1. The van der Waals surface area contributed by atoms with Crippen LogP contribution in [0.4, 0.5) is 0 Å². The Morgan fingerprint density at radius 1 is 1.42 bits per heavy atom. The molecule has 0 aliphatic heterocycles. The van der Waals surface area contributed by atoms with Gasteiger partial charge in [-0.05, 0) is 24.1 Å². The summed E-state index contributed by atoms with van der Waals surface area (Å²) < 4.78 is 7.04. The third-order valence-electron chi connectivity index (χ3n) is 2.90. The summed E-state index contributed by atoms with van der Waals surface area (Å²) >= 11 is 0. The molecule has 0 bridgehead atoms. The number of benzene rings is 1. The highest BCUT2D eigenvalue weighted by molar-refractivity contribution is 5.88. The van der Waals surface area contributed by atoms with E-state index in [4.69, 9.17) is 9.84 Å². The lowest BCUT2D eigenvalue weighted by atomic mass is 10.1. The number of aromatic nitrogens is 2. The van der Waals surface area contributed by atoms with Crippen LogP contribution in [0.25, 0.3) is 5.69 Å². The first-order valence-corrected chi connectivity index (χ1v) is 5.98. The van der Waals surface area contributed by atoms with Crippen LogP contribution in [0.1, 0.15) is 35.8 Å². The van der Waals surface area contributed by atoms with E-state index in [0.29, 0.717) is 17.4 Å². The summed E-state index contributed by atoms with van der Waals surface area (Å²) in [5.74, 6) is -0.0410. The zero-order chi connectivity index (χ0) is 14.0. The molecule has 0 fully saturated rings. The number of ether oxygens (including phenoxy) is 1. The lowest BCUT2D eigenvalue weighted by Crippen LogP contribution is -2.01. The van der Waals surface area contributed by atoms with Gasteiger partial charge in [-0.15, -0.1) is 0 Å². The predicted molar refractivity (Wildman–Crippen MR) is 71.2 cm³/mol. The smallest absolute Gasteiger partial charge is 0.335 e. The number of aromatic carboxylic acids is 1. The zero-order valence-electron chi connectivity index (χ0n) is 11.1. The molecule has 2 aromatic rings. The Morgan fingerprint density at radius 3 is 2.68 bits per heavy atom. The van der Waals surface area contributed by atoms with Crippen LogP contribution in [0.15, 0.2) is 30.7 Å². The lowest BCUT2D eigenvalue weighted by molar-refractivity contribution is 0.0697. The average Bonchev–Trinajstić information content (AvgIpc) is 2.87. The topological polar surface area (TPSA) is 64.3 Å². The van der Waals surface area contributed by atoms with Crippen molar-refractivity contribution in [1.29, 1.82) is 0 Å². The number of methoxy groups -OCH3 is 1. The van der Waals surface area contributed by atoms with Gasteiger partial charge >= 0.3 is 5.97 Å². The molecule has 1 aromatic heterocycles. The van der Waals surface area contributed by atoms with Gasteiger partial charge in [-0.25, -0.2) is 9.78 Å². The molecule has 0 radical (unpaired) electrons. The Labute approximate surface area is 111 Å². The molecule has 0 amide bonds. The van der Waals surface area contributed by atoms with Crippen LogP contribution in [0.3, 0.4) is 0 Å². The standard InChI is InChI=1S/C14H16N2O3/c1-9(2)11-7-16(8-15-11)12-6-10(14(17)18)4-5-13(12)19-3/h4-9H,1-3H3,(H,17,18). The average molecular weight is 260 g/mol. The van der Waals surface area contributed by atoms with Crippen molar-refractivity contribution in [2.75, 3.05) is 7.11 Å². The minimum atomic E-state index is -0.965. The number of nitrogens with zero attached hydrogens (tertiary/aromatic N) is 2. The van der Waals surface area contributed by atoms with Gasteiger partial charge in [-0.2, -0.15) is 0 Å². The van der Waals surface area contributed by atoms with Gasteiger partial charge in [0, 0.05) is 6.20 Å². The number of carboxylic acids is 1. The van der Waals surface area contributed by atoms with Crippen LogP contribution < -0.4 is 4.74 Å². The van der Waals surface area contributed by atoms with Crippen LogP contribution in [0.2, 0.25) is 0 Å². The van der Waals surface area contributed by atoms with Crippen molar-refractivity contribution in [3.63, 3.8) is 0 Å². The zero-order valence-corrected chi connectivity index (χ0v) is 11.1. The van der Waals surface area contributed by atoms with E-state index in [0.717, 1.165) is 5.69 Å².